The number of benzene rings is 1. The van der Waals surface area contributed by atoms with E-state index in [1.165, 1.54) is 0 Å². The van der Waals surface area contributed by atoms with Crippen molar-refractivity contribution in [2.75, 3.05) is 13.1 Å². The average Bonchev–Trinajstić information content (AvgIpc) is 2.59. The number of hydrogen-bond acceptors (Lipinski definition) is 4. The van der Waals surface area contributed by atoms with E-state index in [-0.39, 0.29) is 18.7 Å². The van der Waals surface area contributed by atoms with E-state index in [0.29, 0.717) is 19.1 Å². The first-order chi connectivity index (χ1) is 11.6. The average molecular weight is 335 g/mol. The fraction of sp³-hybridized carbons (Fsp3) is 0.529. The third kappa shape index (κ3) is 6.87. The molecule has 2 amide bonds. The van der Waals surface area contributed by atoms with Crippen molar-refractivity contribution in [1.82, 2.24) is 16.0 Å². The molecule has 0 heterocycles. The number of rotatable bonds is 7. The summed E-state index contributed by atoms with van der Waals surface area (Å²) in [7, 11) is 0. The zero-order valence-electron chi connectivity index (χ0n) is 13.7. The van der Waals surface area contributed by atoms with Gasteiger partial charge in [0.15, 0.2) is 0 Å². The summed E-state index contributed by atoms with van der Waals surface area (Å²) in [6.45, 7) is 1.30. The van der Waals surface area contributed by atoms with Gasteiger partial charge < -0.3 is 25.8 Å². The highest BCUT2D eigenvalue weighted by atomic mass is 16.5. The number of amides is 2. The van der Waals surface area contributed by atoms with Gasteiger partial charge in [0.25, 0.3) is 0 Å². The lowest BCUT2D eigenvalue weighted by Gasteiger charge is -2.29. The van der Waals surface area contributed by atoms with Gasteiger partial charge in [-0.05, 0) is 31.2 Å². The van der Waals surface area contributed by atoms with Crippen molar-refractivity contribution in [3.05, 3.63) is 35.9 Å². The first-order valence-corrected chi connectivity index (χ1v) is 8.31. The number of ether oxygens (including phenoxy) is 1. The van der Waals surface area contributed by atoms with Crippen LogP contribution in [0, 0.1) is 0 Å². The van der Waals surface area contributed by atoms with E-state index in [1.807, 2.05) is 30.3 Å². The van der Waals surface area contributed by atoms with Crippen LogP contribution in [-0.2, 0) is 11.3 Å². The Kier molecular flexibility index (Phi) is 7.35. The van der Waals surface area contributed by atoms with Crippen molar-refractivity contribution >= 4 is 12.2 Å². The zero-order chi connectivity index (χ0) is 17.2. The van der Waals surface area contributed by atoms with Crippen LogP contribution < -0.4 is 16.0 Å². The molecule has 0 spiro atoms. The lowest BCUT2D eigenvalue weighted by molar-refractivity contribution is 0.132. The second-order valence-corrected chi connectivity index (χ2v) is 5.94. The quantitative estimate of drug-likeness (QED) is 0.572. The summed E-state index contributed by atoms with van der Waals surface area (Å²) < 4.78 is 5.23. The molecule has 132 valence electrons. The Labute approximate surface area is 141 Å². The van der Waals surface area contributed by atoms with Crippen LogP contribution in [0.3, 0.4) is 0 Å². The van der Waals surface area contributed by atoms with Crippen LogP contribution in [0.4, 0.5) is 9.59 Å². The zero-order valence-corrected chi connectivity index (χ0v) is 13.7. The summed E-state index contributed by atoms with van der Waals surface area (Å²) in [4.78, 5) is 22.2. The van der Waals surface area contributed by atoms with E-state index in [1.54, 1.807) is 0 Å². The van der Waals surface area contributed by atoms with Gasteiger partial charge in [-0.25, -0.2) is 9.59 Å². The van der Waals surface area contributed by atoms with Crippen molar-refractivity contribution in [1.29, 1.82) is 0 Å². The van der Waals surface area contributed by atoms with E-state index in [9.17, 15) is 9.59 Å². The van der Waals surface area contributed by atoms with Crippen LogP contribution in [0.1, 0.15) is 31.2 Å². The molecule has 2 rings (SSSR count). The Morgan fingerprint density at radius 2 is 1.71 bits per heavy atom. The smallest absolute Gasteiger partial charge is 0.407 e. The van der Waals surface area contributed by atoms with Gasteiger partial charge in [-0.2, -0.15) is 0 Å². The number of carbonyl (C=O) groups is 2. The van der Waals surface area contributed by atoms with Crippen molar-refractivity contribution < 1.29 is 19.4 Å². The highest BCUT2D eigenvalue weighted by Gasteiger charge is 2.22. The van der Waals surface area contributed by atoms with E-state index >= 15 is 0 Å². The Balaban J connectivity index is 1.57. The van der Waals surface area contributed by atoms with Crippen LogP contribution in [0.2, 0.25) is 0 Å². The molecular formula is C17H25N3O4. The molecule has 0 radical (unpaired) electrons. The lowest BCUT2D eigenvalue weighted by atomic mass is 9.91. The summed E-state index contributed by atoms with van der Waals surface area (Å²) >= 11 is 0. The van der Waals surface area contributed by atoms with Crippen LogP contribution in [0.5, 0.6) is 0 Å². The van der Waals surface area contributed by atoms with E-state index < -0.39 is 6.09 Å². The van der Waals surface area contributed by atoms with Gasteiger partial charge >= 0.3 is 12.2 Å². The minimum absolute atomic E-state index is 0.142. The molecule has 0 aliphatic heterocycles. The van der Waals surface area contributed by atoms with Crippen molar-refractivity contribution in [3.8, 4) is 0 Å². The van der Waals surface area contributed by atoms with Crippen molar-refractivity contribution in [2.24, 2.45) is 0 Å². The minimum atomic E-state index is -1.00. The summed E-state index contributed by atoms with van der Waals surface area (Å²) in [5.41, 5.74) is 0.968. The number of alkyl carbamates (subject to hydrolysis) is 1. The van der Waals surface area contributed by atoms with Gasteiger partial charge in [-0.1, -0.05) is 30.3 Å². The van der Waals surface area contributed by atoms with Gasteiger partial charge in [0.1, 0.15) is 6.61 Å². The first kappa shape index (κ1) is 18.1. The minimum Gasteiger partial charge on any atom is -0.465 e. The van der Waals surface area contributed by atoms with Gasteiger partial charge in [0.2, 0.25) is 0 Å². The molecular weight excluding hydrogens is 310 g/mol. The highest BCUT2D eigenvalue weighted by molar-refractivity contribution is 5.67. The van der Waals surface area contributed by atoms with Crippen molar-refractivity contribution in [2.45, 2.75) is 44.4 Å². The predicted octanol–water partition coefficient (Wildman–Crippen LogP) is 2.08. The summed E-state index contributed by atoms with van der Waals surface area (Å²) in [6, 6.07) is 10.1. The molecule has 0 unspecified atom stereocenters. The molecule has 4 N–H and O–H groups in total. The summed E-state index contributed by atoms with van der Waals surface area (Å²) in [6.07, 6.45) is 2.32. The second kappa shape index (κ2) is 9.77. The summed E-state index contributed by atoms with van der Waals surface area (Å²) in [5.74, 6) is 0. The maximum absolute atomic E-state index is 11.8. The topological polar surface area (TPSA) is 99.7 Å². The molecule has 7 heteroatoms. The van der Waals surface area contributed by atoms with Crippen LogP contribution >= 0.6 is 0 Å². The van der Waals surface area contributed by atoms with Crippen LogP contribution in [0.25, 0.3) is 0 Å². The van der Waals surface area contributed by atoms with E-state index in [0.717, 1.165) is 31.2 Å². The Hall–Kier alpha value is -2.28. The van der Waals surface area contributed by atoms with Crippen LogP contribution in [0.15, 0.2) is 30.3 Å². The SMILES string of the molecule is O=C(O)NCCNC1CCC(NC(=O)OCc2ccccc2)CC1. The molecule has 0 atom stereocenters. The largest absolute Gasteiger partial charge is 0.465 e. The third-order valence-corrected chi connectivity index (χ3v) is 4.10. The van der Waals surface area contributed by atoms with Crippen molar-refractivity contribution in [3.63, 3.8) is 0 Å². The number of hydrogen-bond donors (Lipinski definition) is 4. The standard InChI is InChI=1S/C17H25N3O4/c21-16(22)19-11-10-18-14-6-8-15(9-7-14)20-17(23)24-12-13-4-2-1-3-5-13/h1-5,14-15,18-19H,6-12H2,(H,20,23)(H,21,22). The lowest BCUT2D eigenvalue weighted by Crippen LogP contribution is -2.43. The predicted molar refractivity (Wildman–Crippen MR) is 89.8 cm³/mol. The molecule has 1 aromatic rings. The Morgan fingerprint density at radius 1 is 1.04 bits per heavy atom. The molecule has 0 bridgehead atoms. The van der Waals surface area contributed by atoms with Gasteiger partial charge in [-0.15, -0.1) is 0 Å². The molecule has 0 aromatic heterocycles. The normalized spacial score (nSPS) is 20.2. The number of carboxylic acid groups (broad SMARTS) is 1. The molecule has 1 aliphatic carbocycles. The van der Waals surface area contributed by atoms with E-state index in [4.69, 9.17) is 9.84 Å². The monoisotopic (exact) mass is 335 g/mol. The summed E-state index contributed by atoms with van der Waals surface area (Å²) in [5, 5.41) is 17.1. The van der Waals surface area contributed by atoms with Gasteiger partial charge in [-0.3, -0.25) is 0 Å². The first-order valence-electron chi connectivity index (χ1n) is 8.31. The molecule has 1 fully saturated rings. The Bertz CT molecular complexity index is 516. The fourth-order valence-corrected chi connectivity index (χ4v) is 2.82. The maximum Gasteiger partial charge on any atom is 0.407 e. The number of carbonyl (C=O) groups excluding carboxylic acids is 1. The highest BCUT2D eigenvalue weighted by Crippen LogP contribution is 2.18. The van der Waals surface area contributed by atoms with Gasteiger partial charge in [0, 0.05) is 25.2 Å². The molecule has 1 aliphatic rings. The molecule has 1 saturated carbocycles. The van der Waals surface area contributed by atoms with Gasteiger partial charge in [0.05, 0.1) is 0 Å². The molecule has 1 aromatic carbocycles. The fourth-order valence-electron chi connectivity index (χ4n) is 2.82. The third-order valence-electron chi connectivity index (χ3n) is 4.10. The molecule has 0 saturated heterocycles. The second-order valence-electron chi connectivity index (χ2n) is 5.94. The van der Waals surface area contributed by atoms with E-state index in [2.05, 4.69) is 16.0 Å². The maximum atomic E-state index is 11.8. The number of nitrogens with one attached hydrogen (secondary N) is 3. The Morgan fingerprint density at radius 3 is 2.38 bits per heavy atom. The van der Waals surface area contributed by atoms with Crippen LogP contribution in [-0.4, -0.2) is 42.5 Å². The molecule has 24 heavy (non-hydrogen) atoms. The molecule has 7 nitrogen and oxygen atoms in total.